The average Bonchev–Trinajstić information content (AvgIpc) is 2.98. The van der Waals surface area contributed by atoms with Crippen molar-refractivity contribution in [1.29, 1.82) is 0 Å². The molecule has 3 rings (SSSR count). The van der Waals surface area contributed by atoms with Crippen molar-refractivity contribution in [1.82, 2.24) is 10.4 Å². The molecule has 0 aliphatic heterocycles. The number of fused-ring (bicyclic) bond motifs is 1. The van der Waals surface area contributed by atoms with Crippen LogP contribution in [-0.2, 0) is 6.54 Å². The van der Waals surface area contributed by atoms with Gasteiger partial charge in [0, 0.05) is 6.54 Å². The second kappa shape index (κ2) is 4.56. The summed E-state index contributed by atoms with van der Waals surface area (Å²) in [5.41, 5.74) is 6.39. The Morgan fingerprint density at radius 1 is 1.41 bits per heavy atom. The average molecular weight is 245 g/mol. The van der Waals surface area contributed by atoms with Crippen molar-refractivity contribution in [3.63, 3.8) is 0 Å². The molecule has 1 aromatic heterocycles. The molecule has 0 radical (unpaired) electrons. The van der Waals surface area contributed by atoms with Gasteiger partial charge >= 0.3 is 0 Å². The molecule has 0 bridgehead atoms. The Hall–Kier alpha value is -1.23. The van der Waals surface area contributed by atoms with E-state index in [9.17, 15) is 0 Å². The van der Waals surface area contributed by atoms with E-state index < -0.39 is 0 Å². The Kier molecular flexibility index (Phi) is 2.93. The summed E-state index contributed by atoms with van der Waals surface area (Å²) in [4.78, 5) is 4.77. The highest BCUT2D eigenvalue weighted by molar-refractivity contribution is 7.19. The smallest absolute Gasteiger partial charge is 0.120 e. The van der Waals surface area contributed by atoms with Crippen LogP contribution in [0.25, 0.3) is 15.8 Å². The molecule has 4 heteroatoms. The Morgan fingerprint density at radius 2 is 2.35 bits per heavy atom. The number of hydrogen-bond donors (Lipinski definition) is 2. The highest BCUT2D eigenvalue weighted by atomic mass is 32.1. The second-order valence-corrected chi connectivity index (χ2v) is 5.32. The van der Waals surface area contributed by atoms with Crippen molar-refractivity contribution in [2.24, 2.45) is 5.84 Å². The Labute approximate surface area is 104 Å². The molecule has 0 atom stereocenters. The summed E-state index contributed by atoms with van der Waals surface area (Å²) < 4.78 is 1.25. The molecule has 3 N–H and O–H groups in total. The van der Waals surface area contributed by atoms with Gasteiger partial charge in [0.25, 0.3) is 0 Å². The summed E-state index contributed by atoms with van der Waals surface area (Å²) in [6, 6.07) is 6.28. The molecule has 0 amide bonds. The predicted octanol–water partition coefficient (Wildman–Crippen LogP) is 2.83. The number of aromatic nitrogens is 1. The number of hydrogen-bond acceptors (Lipinski definition) is 4. The first kappa shape index (κ1) is 10.9. The van der Waals surface area contributed by atoms with E-state index in [1.165, 1.54) is 40.1 Å². The van der Waals surface area contributed by atoms with Gasteiger partial charge in [-0.05, 0) is 36.5 Å². The number of nitrogens with one attached hydrogen (secondary N) is 1. The molecule has 0 unspecified atom stereocenters. The molecule has 0 saturated heterocycles. The molecule has 17 heavy (non-hydrogen) atoms. The third kappa shape index (κ3) is 1.99. The monoisotopic (exact) mass is 245 g/mol. The number of nitrogens with two attached hydrogens (primary N) is 1. The fourth-order valence-electron chi connectivity index (χ4n) is 2.26. The Morgan fingerprint density at radius 3 is 3.12 bits per heavy atom. The van der Waals surface area contributed by atoms with Crippen LogP contribution in [0.4, 0.5) is 0 Å². The van der Waals surface area contributed by atoms with Crippen LogP contribution < -0.4 is 11.3 Å². The predicted molar refractivity (Wildman–Crippen MR) is 72.5 cm³/mol. The minimum Gasteiger partial charge on any atom is -0.271 e. The summed E-state index contributed by atoms with van der Waals surface area (Å²) >= 11 is 1.79. The maximum atomic E-state index is 5.39. The van der Waals surface area contributed by atoms with Gasteiger partial charge in [-0.2, -0.15) is 0 Å². The van der Waals surface area contributed by atoms with Gasteiger partial charge in [-0.1, -0.05) is 18.2 Å². The van der Waals surface area contributed by atoms with E-state index in [-0.39, 0.29) is 0 Å². The normalized spacial score (nSPS) is 15.5. The first-order valence-electron chi connectivity index (χ1n) is 5.90. The summed E-state index contributed by atoms with van der Waals surface area (Å²) in [5.74, 6) is 5.39. The second-order valence-electron chi connectivity index (χ2n) is 4.29. The zero-order valence-corrected chi connectivity index (χ0v) is 10.4. The number of nitrogens with zero attached hydrogens (tertiary/aromatic N) is 1. The van der Waals surface area contributed by atoms with Crippen LogP contribution in [0.15, 0.2) is 24.3 Å². The number of benzene rings is 1. The third-order valence-electron chi connectivity index (χ3n) is 3.11. The van der Waals surface area contributed by atoms with Crippen LogP contribution in [-0.4, -0.2) is 4.98 Å². The zero-order chi connectivity index (χ0) is 11.7. The Balaban J connectivity index is 2.08. The minimum absolute atomic E-state index is 0.666. The molecule has 3 nitrogen and oxygen atoms in total. The quantitative estimate of drug-likeness (QED) is 0.646. The van der Waals surface area contributed by atoms with Gasteiger partial charge in [-0.3, -0.25) is 11.3 Å². The van der Waals surface area contributed by atoms with Crippen LogP contribution in [0.5, 0.6) is 0 Å². The van der Waals surface area contributed by atoms with Gasteiger partial charge in [-0.15, -0.1) is 11.3 Å². The van der Waals surface area contributed by atoms with Crippen molar-refractivity contribution in [2.45, 2.75) is 25.8 Å². The standard InChI is InChI=1S/C13H15N3S/c14-15-8-10-6-3-7-11-12(10)16-13(17-11)9-4-1-2-5-9/h3-4,6-7,15H,1-2,5,8,14H2. The Bertz CT molecular complexity index is 571. The van der Waals surface area contributed by atoms with Gasteiger partial charge < -0.3 is 0 Å². The number of allylic oxidation sites excluding steroid dienone is 2. The lowest BCUT2D eigenvalue weighted by Gasteiger charge is -1.99. The molecule has 0 saturated carbocycles. The van der Waals surface area contributed by atoms with Crippen molar-refractivity contribution in [2.75, 3.05) is 0 Å². The maximum absolute atomic E-state index is 5.39. The third-order valence-corrected chi connectivity index (χ3v) is 4.21. The van der Waals surface area contributed by atoms with Gasteiger partial charge in [0.2, 0.25) is 0 Å². The van der Waals surface area contributed by atoms with Crippen LogP contribution in [0.2, 0.25) is 0 Å². The molecule has 1 aromatic carbocycles. The fraction of sp³-hybridized carbons (Fsp3) is 0.308. The molecule has 1 aliphatic rings. The summed E-state index contributed by atoms with van der Waals surface area (Å²) in [5, 5.41) is 1.18. The van der Waals surface area contributed by atoms with Crippen molar-refractivity contribution >= 4 is 27.1 Å². The number of rotatable bonds is 3. The van der Waals surface area contributed by atoms with Gasteiger partial charge in [0.1, 0.15) is 5.01 Å². The molecule has 0 fully saturated rings. The number of hydrazine groups is 1. The van der Waals surface area contributed by atoms with Crippen molar-refractivity contribution < 1.29 is 0 Å². The van der Waals surface area contributed by atoms with E-state index >= 15 is 0 Å². The van der Waals surface area contributed by atoms with Crippen molar-refractivity contribution in [3.05, 3.63) is 34.8 Å². The topological polar surface area (TPSA) is 50.9 Å². The van der Waals surface area contributed by atoms with E-state index in [0.29, 0.717) is 6.54 Å². The molecule has 1 aliphatic carbocycles. The highest BCUT2D eigenvalue weighted by Crippen LogP contribution is 2.34. The van der Waals surface area contributed by atoms with E-state index in [1.54, 1.807) is 11.3 Å². The van der Waals surface area contributed by atoms with Crippen LogP contribution in [0.3, 0.4) is 0 Å². The first-order valence-corrected chi connectivity index (χ1v) is 6.71. The van der Waals surface area contributed by atoms with E-state index in [0.717, 1.165) is 5.52 Å². The lowest BCUT2D eigenvalue weighted by atomic mass is 10.2. The summed E-state index contributed by atoms with van der Waals surface area (Å²) in [7, 11) is 0. The van der Waals surface area contributed by atoms with E-state index in [4.69, 9.17) is 10.8 Å². The molecule has 1 heterocycles. The molecule has 0 spiro atoms. The lowest BCUT2D eigenvalue weighted by molar-refractivity contribution is 0.744. The summed E-state index contributed by atoms with van der Waals surface area (Å²) in [6.07, 6.45) is 5.95. The van der Waals surface area contributed by atoms with Crippen LogP contribution >= 0.6 is 11.3 Å². The largest absolute Gasteiger partial charge is 0.271 e. The lowest BCUT2D eigenvalue weighted by Crippen LogP contribution is -2.20. The van der Waals surface area contributed by atoms with Gasteiger partial charge in [0.15, 0.2) is 0 Å². The number of thiazole rings is 1. The van der Waals surface area contributed by atoms with Crippen LogP contribution in [0, 0.1) is 0 Å². The van der Waals surface area contributed by atoms with E-state index in [2.05, 4.69) is 29.7 Å². The highest BCUT2D eigenvalue weighted by Gasteiger charge is 2.13. The van der Waals surface area contributed by atoms with Crippen LogP contribution in [0.1, 0.15) is 29.8 Å². The summed E-state index contributed by atoms with van der Waals surface area (Å²) in [6.45, 7) is 0.666. The maximum Gasteiger partial charge on any atom is 0.120 e. The van der Waals surface area contributed by atoms with Gasteiger partial charge in [-0.25, -0.2) is 4.98 Å². The molecular weight excluding hydrogens is 230 g/mol. The molecular formula is C13H15N3S. The van der Waals surface area contributed by atoms with E-state index in [1.807, 2.05) is 0 Å². The zero-order valence-electron chi connectivity index (χ0n) is 9.57. The minimum atomic E-state index is 0.666. The first-order chi connectivity index (χ1) is 8.38. The number of para-hydroxylation sites is 1. The van der Waals surface area contributed by atoms with Gasteiger partial charge in [0.05, 0.1) is 10.2 Å². The molecule has 88 valence electrons. The van der Waals surface area contributed by atoms with Crippen molar-refractivity contribution in [3.8, 4) is 0 Å². The SMILES string of the molecule is NNCc1cccc2sc(C3=CCCC3)nc12. The molecule has 2 aromatic rings. The fourth-order valence-corrected chi connectivity index (χ4v) is 3.34.